The first-order chi connectivity index (χ1) is 10.4. The Labute approximate surface area is 132 Å². The van der Waals surface area contributed by atoms with Gasteiger partial charge in [-0.15, -0.1) is 0 Å². The molecular formula is C19H23NO2. The fourth-order valence-electron chi connectivity index (χ4n) is 2.55. The van der Waals surface area contributed by atoms with Crippen molar-refractivity contribution in [3.05, 3.63) is 64.2 Å². The second kappa shape index (κ2) is 6.65. The van der Waals surface area contributed by atoms with Gasteiger partial charge in [-0.1, -0.05) is 12.1 Å². The summed E-state index contributed by atoms with van der Waals surface area (Å²) in [6, 6.07) is 11.4. The zero-order chi connectivity index (χ0) is 16.3. The second-order valence-corrected chi connectivity index (χ2v) is 5.72. The van der Waals surface area contributed by atoms with Crippen molar-refractivity contribution >= 4 is 5.91 Å². The van der Waals surface area contributed by atoms with Gasteiger partial charge in [0.1, 0.15) is 5.75 Å². The predicted molar refractivity (Wildman–Crippen MR) is 89.5 cm³/mol. The van der Waals surface area contributed by atoms with Crippen molar-refractivity contribution in [1.82, 2.24) is 5.32 Å². The highest BCUT2D eigenvalue weighted by molar-refractivity contribution is 5.94. The maximum absolute atomic E-state index is 12.3. The molecule has 2 aromatic carbocycles. The highest BCUT2D eigenvalue weighted by Crippen LogP contribution is 2.22. The highest BCUT2D eigenvalue weighted by atomic mass is 16.5. The van der Waals surface area contributed by atoms with Crippen LogP contribution in [0.5, 0.6) is 5.75 Å². The number of carbonyl (C=O) groups is 1. The molecule has 2 aromatic rings. The number of nitrogens with one attached hydrogen (secondary N) is 1. The predicted octanol–water partition coefficient (Wildman–Crippen LogP) is 4.11. The van der Waals surface area contributed by atoms with Crippen molar-refractivity contribution in [3.8, 4) is 5.75 Å². The summed E-state index contributed by atoms with van der Waals surface area (Å²) in [4.78, 5) is 12.3. The summed E-state index contributed by atoms with van der Waals surface area (Å²) in [5.74, 6) is 0.669. The molecule has 0 saturated carbocycles. The molecule has 0 aliphatic rings. The Hall–Kier alpha value is -2.29. The molecule has 0 aliphatic heterocycles. The molecule has 22 heavy (non-hydrogen) atoms. The molecule has 1 amide bonds. The summed E-state index contributed by atoms with van der Waals surface area (Å²) in [5.41, 5.74) is 5.51. The Morgan fingerprint density at radius 3 is 2.18 bits per heavy atom. The molecular weight excluding hydrogens is 274 g/mol. The van der Waals surface area contributed by atoms with E-state index < -0.39 is 0 Å². The zero-order valence-electron chi connectivity index (χ0n) is 13.9. The van der Waals surface area contributed by atoms with Crippen LogP contribution in [-0.2, 0) is 0 Å². The van der Waals surface area contributed by atoms with Crippen LogP contribution in [0, 0.1) is 20.8 Å². The number of rotatable bonds is 4. The summed E-state index contributed by atoms with van der Waals surface area (Å²) < 4.78 is 5.11. The van der Waals surface area contributed by atoms with Crippen molar-refractivity contribution < 1.29 is 9.53 Å². The topological polar surface area (TPSA) is 38.3 Å². The fourth-order valence-corrected chi connectivity index (χ4v) is 2.55. The number of aryl methyl sites for hydroxylation is 3. The molecule has 0 heterocycles. The van der Waals surface area contributed by atoms with E-state index in [-0.39, 0.29) is 11.9 Å². The molecule has 0 unspecified atom stereocenters. The van der Waals surface area contributed by atoms with E-state index in [4.69, 9.17) is 4.74 Å². The van der Waals surface area contributed by atoms with Gasteiger partial charge in [0, 0.05) is 5.56 Å². The largest absolute Gasteiger partial charge is 0.497 e. The van der Waals surface area contributed by atoms with E-state index in [1.165, 1.54) is 16.7 Å². The van der Waals surface area contributed by atoms with Gasteiger partial charge in [0.05, 0.1) is 13.2 Å². The highest BCUT2D eigenvalue weighted by Gasteiger charge is 2.14. The van der Waals surface area contributed by atoms with E-state index in [9.17, 15) is 4.79 Å². The number of amides is 1. The van der Waals surface area contributed by atoms with Crippen LogP contribution in [0.15, 0.2) is 36.4 Å². The maximum atomic E-state index is 12.3. The van der Waals surface area contributed by atoms with Gasteiger partial charge in [-0.05, 0) is 74.2 Å². The van der Waals surface area contributed by atoms with Gasteiger partial charge in [-0.2, -0.15) is 0 Å². The lowest BCUT2D eigenvalue weighted by atomic mass is 9.96. The van der Waals surface area contributed by atoms with Crippen LogP contribution < -0.4 is 10.1 Å². The number of benzene rings is 2. The molecule has 0 aliphatic carbocycles. The van der Waals surface area contributed by atoms with Gasteiger partial charge < -0.3 is 10.1 Å². The van der Waals surface area contributed by atoms with Crippen molar-refractivity contribution in [1.29, 1.82) is 0 Å². The molecule has 0 fully saturated rings. The first-order valence-electron chi connectivity index (χ1n) is 7.45. The monoisotopic (exact) mass is 297 g/mol. The van der Waals surface area contributed by atoms with Gasteiger partial charge in [0.15, 0.2) is 0 Å². The molecule has 116 valence electrons. The summed E-state index contributed by atoms with van der Waals surface area (Å²) in [6.07, 6.45) is 0. The Balaban J connectivity index is 2.15. The number of methoxy groups -OCH3 is 1. The first kappa shape index (κ1) is 16.1. The van der Waals surface area contributed by atoms with E-state index in [0.29, 0.717) is 5.56 Å². The fraction of sp³-hybridized carbons (Fsp3) is 0.316. The van der Waals surface area contributed by atoms with E-state index in [2.05, 4.69) is 38.2 Å². The molecule has 2 rings (SSSR count). The molecule has 0 spiro atoms. The van der Waals surface area contributed by atoms with E-state index in [0.717, 1.165) is 11.3 Å². The van der Waals surface area contributed by atoms with Gasteiger partial charge in [-0.25, -0.2) is 0 Å². The van der Waals surface area contributed by atoms with Crippen LogP contribution >= 0.6 is 0 Å². The summed E-state index contributed by atoms with van der Waals surface area (Å²) in [7, 11) is 1.61. The Bertz CT molecular complexity index is 675. The minimum Gasteiger partial charge on any atom is -0.497 e. The van der Waals surface area contributed by atoms with E-state index in [1.807, 2.05) is 6.92 Å². The molecule has 1 N–H and O–H groups in total. The van der Waals surface area contributed by atoms with Crippen molar-refractivity contribution in [2.75, 3.05) is 7.11 Å². The smallest absolute Gasteiger partial charge is 0.251 e. The standard InChI is InChI=1S/C19H23NO2/c1-12-10-14(3)18(11-13(12)2)15(4)20-19(21)16-6-8-17(22-5)9-7-16/h6-11,15H,1-5H3,(H,20,21)/t15-/m0/s1. The van der Waals surface area contributed by atoms with Gasteiger partial charge in [0.2, 0.25) is 0 Å². The zero-order valence-corrected chi connectivity index (χ0v) is 13.9. The minimum absolute atomic E-state index is 0.0334. The van der Waals surface area contributed by atoms with Crippen LogP contribution in [0.1, 0.15) is 45.6 Å². The van der Waals surface area contributed by atoms with Crippen LogP contribution in [0.3, 0.4) is 0 Å². The Kier molecular flexibility index (Phi) is 4.86. The summed E-state index contributed by atoms with van der Waals surface area (Å²) >= 11 is 0. The van der Waals surface area contributed by atoms with Crippen LogP contribution in [-0.4, -0.2) is 13.0 Å². The lowest BCUT2D eigenvalue weighted by molar-refractivity contribution is 0.0940. The van der Waals surface area contributed by atoms with Crippen LogP contribution in [0.25, 0.3) is 0 Å². The number of hydrogen-bond acceptors (Lipinski definition) is 2. The third-order valence-electron chi connectivity index (χ3n) is 4.05. The van der Waals surface area contributed by atoms with Gasteiger partial charge in [-0.3, -0.25) is 4.79 Å². The van der Waals surface area contributed by atoms with Crippen LogP contribution in [0.2, 0.25) is 0 Å². The number of ether oxygens (including phenoxy) is 1. The maximum Gasteiger partial charge on any atom is 0.251 e. The minimum atomic E-state index is -0.0761. The lowest BCUT2D eigenvalue weighted by Gasteiger charge is -2.18. The normalized spacial score (nSPS) is 11.9. The SMILES string of the molecule is COc1ccc(C(=O)N[C@@H](C)c2cc(C)c(C)cc2C)cc1. The molecule has 1 atom stereocenters. The number of carbonyl (C=O) groups excluding carboxylic acids is 1. The van der Waals surface area contributed by atoms with Crippen molar-refractivity contribution in [3.63, 3.8) is 0 Å². The van der Waals surface area contributed by atoms with E-state index >= 15 is 0 Å². The van der Waals surface area contributed by atoms with Gasteiger partial charge >= 0.3 is 0 Å². The molecule has 0 radical (unpaired) electrons. The average Bonchev–Trinajstić information content (AvgIpc) is 2.50. The van der Waals surface area contributed by atoms with Crippen molar-refractivity contribution in [2.45, 2.75) is 33.7 Å². The molecule has 3 heteroatoms. The summed E-state index contributed by atoms with van der Waals surface area (Å²) in [5, 5.41) is 3.06. The number of hydrogen-bond donors (Lipinski definition) is 1. The molecule has 0 bridgehead atoms. The molecule has 0 saturated heterocycles. The third kappa shape index (κ3) is 3.48. The van der Waals surface area contributed by atoms with Crippen molar-refractivity contribution in [2.24, 2.45) is 0 Å². The first-order valence-corrected chi connectivity index (χ1v) is 7.45. The van der Waals surface area contributed by atoms with Gasteiger partial charge in [0.25, 0.3) is 5.91 Å². The quantitative estimate of drug-likeness (QED) is 0.922. The third-order valence-corrected chi connectivity index (χ3v) is 4.05. The Morgan fingerprint density at radius 1 is 1.00 bits per heavy atom. The molecule has 0 aromatic heterocycles. The Morgan fingerprint density at radius 2 is 1.59 bits per heavy atom. The lowest BCUT2D eigenvalue weighted by Crippen LogP contribution is -2.27. The second-order valence-electron chi connectivity index (χ2n) is 5.72. The van der Waals surface area contributed by atoms with E-state index in [1.54, 1.807) is 31.4 Å². The van der Waals surface area contributed by atoms with Crippen LogP contribution in [0.4, 0.5) is 0 Å². The average molecular weight is 297 g/mol. The molecule has 3 nitrogen and oxygen atoms in total. The summed E-state index contributed by atoms with van der Waals surface area (Å²) in [6.45, 7) is 8.29.